The number of rotatable bonds is 8. The molecule has 8 heteroatoms. The van der Waals surface area contributed by atoms with E-state index in [1.807, 2.05) is 12.1 Å². The van der Waals surface area contributed by atoms with Crippen molar-refractivity contribution in [2.24, 2.45) is 16.5 Å². The summed E-state index contributed by atoms with van der Waals surface area (Å²) in [6, 6.07) is 12.7. The van der Waals surface area contributed by atoms with Gasteiger partial charge in [-0.15, -0.1) is 0 Å². The van der Waals surface area contributed by atoms with Gasteiger partial charge < -0.3 is 16.8 Å². The number of aliphatic imine (C=N–C) groups is 1. The van der Waals surface area contributed by atoms with Crippen LogP contribution in [0, 0.1) is 5.82 Å². The summed E-state index contributed by atoms with van der Waals surface area (Å²) in [6.45, 7) is 3.30. The molecule has 0 bridgehead atoms. The van der Waals surface area contributed by atoms with Crippen LogP contribution in [0.2, 0.25) is 0 Å². The molecular weight excluding hydrogens is 387 g/mol. The third-order valence-corrected chi connectivity index (χ3v) is 4.46. The molecule has 3 amide bonds. The number of amides is 3. The lowest BCUT2D eigenvalue weighted by Gasteiger charge is -2.22. The van der Waals surface area contributed by atoms with Crippen LogP contribution in [0.4, 0.5) is 4.39 Å². The molecule has 0 aliphatic carbocycles. The van der Waals surface area contributed by atoms with Crippen molar-refractivity contribution in [3.8, 4) is 0 Å². The first-order valence-electron chi connectivity index (χ1n) is 9.36. The Morgan fingerprint density at radius 3 is 1.97 bits per heavy atom. The third kappa shape index (κ3) is 6.59. The van der Waals surface area contributed by atoms with Gasteiger partial charge in [0.15, 0.2) is 0 Å². The number of carbonyl (C=O) groups is 3. The first-order chi connectivity index (χ1) is 14.1. The number of nitrogens with zero attached hydrogens (tertiary/aromatic N) is 1. The maximum absolute atomic E-state index is 13.0. The minimum absolute atomic E-state index is 0.0584. The molecule has 0 fully saturated rings. The molecule has 0 radical (unpaired) electrons. The summed E-state index contributed by atoms with van der Waals surface area (Å²) < 4.78 is 13.0. The van der Waals surface area contributed by atoms with Crippen LogP contribution < -0.4 is 16.8 Å². The summed E-state index contributed by atoms with van der Waals surface area (Å²) in [5.74, 6) is -2.37. The largest absolute Gasteiger partial charge is 0.368 e. The average molecular weight is 412 g/mol. The van der Waals surface area contributed by atoms with E-state index in [1.54, 1.807) is 12.1 Å². The van der Waals surface area contributed by atoms with Crippen LogP contribution in [0.5, 0.6) is 0 Å². The molecule has 0 aliphatic rings. The van der Waals surface area contributed by atoms with Crippen molar-refractivity contribution in [2.45, 2.75) is 38.8 Å². The molecule has 5 N–H and O–H groups in total. The van der Waals surface area contributed by atoms with Gasteiger partial charge in [-0.2, -0.15) is 0 Å². The molecule has 0 spiro atoms. The van der Waals surface area contributed by atoms with E-state index < -0.39 is 29.1 Å². The molecule has 0 heterocycles. The summed E-state index contributed by atoms with van der Waals surface area (Å²) in [4.78, 5) is 40.7. The lowest BCUT2D eigenvalue weighted by molar-refractivity contribution is -0.127. The Balaban J connectivity index is 2.26. The van der Waals surface area contributed by atoms with Gasteiger partial charge in [0.25, 0.3) is 11.8 Å². The van der Waals surface area contributed by atoms with Gasteiger partial charge in [0, 0.05) is 13.0 Å². The highest BCUT2D eigenvalue weighted by Crippen LogP contribution is 2.09. The Hall–Kier alpha value is -3.39. The Morgan fingerprint density at radius 1 is 0.933 bits per heavy atom. The number of nitrogens with one attached hydrogen (secondary N) is 1. The standard InChI is InChI=1S/C22H25FN4O3/c1-22(2,21(25)30)27-20(29)18(11-14-3-5-16(13-24)6-4-14)26-19(28)12-15-7-9-17(23)10-8-15/h3-10H,11-13,24H2,1-2H3,(H2,25,30)(H,27,29)/b26-18-. The molecule has 0 saturated heterocycles. The maximum atomic E-state index is 13.0. The molecule has 0 aromatic heterocycles. The van der Waals surface area contributed by atoms with Crippen LogP contribution in [0.3, 0.4) is 0 Å². The lowest BCUT2D eigenvalue weighted by Crippen LogP contribution is -2.55. The normalized spacial score (nSPS) is 11.8. The molecule has 0 unspecified atom stereocenters. The molecule has 0 aliphatic heterocycles. The van der Waals surface area contributed by atoms with Crippen molar-refractivity contribution in [2.75, 3.05) is 0 Å². The average Bonchev–Trinajstić information content (AvgIpc) is 2.69. The zero-order valence-corrected chi connectivity index (χ0v) is 16.9. The first-order valence-corrected chi connectivity index (χ1v) is 9.36. The molecule has 2 aromatic carbocycles. The number of carbonyl (C=O) groups excluding carboxylic acids is 3. The van der Waals surface area contributed by atoms with Gasteiger partial charge in [0.05, 0.1) is 6.42 Å². The molecule has 30 heavy (non-hydrogen) atoms. The topological polar surface area (TPSA) is 128 Å². The summed E-state index contributed by atoms with van der Waals surface area (Å²) in [5, 5.41) is 2.51. The van der Waals surface area contributed by atoms with Gasteiger partial charge in [-0.3, -0.25) is 14.4 Å². The maximum Gasteiger partial charge on any atom is 0.266 e. The molecule has 0 saturated carbocycles. The van der Waals surface area contributed by atoms with Crippen LogP contribution in [0.1, 0.15) is 30.5 Å². The molecule has 158 valence electrons. The molecule has 2 rings (SSSR count). The van der Waals surface area contributed by atoms with Crippen molar-refractivity contribution in [3.63, 3.8) is 0 Å². The first kappa shape index (κ1) is 22.9. The van der Waals surface area contributed by atoms with Gasteiger partial charge in [-0.25, -0.2) is 9.38 Å². The fraction of sp³-hybridized carbons (Fsp3) is 0.273. The van der Waals surface area contributed by atoms with E-state index in [2.05, 4.69) is 10.3 Å². The van der Waals surface area contributed by atoms with E-state index >= 15 is 0 Å². The minimum atomic E-state index is -1.32. The highest BCUT2D eigenvalue weighted by molar-refractivity contribution is 6.41. The molecule has 0 atom stereocenters. The van der Waals surface area contributed by atoms with Crippen LogP contribution in [-0.2, 0) is 33.8 Å². The van der Waals surface area contributed by atoms with Crippen LogP contribution in [-0.4, -0.2) is 29.0 Å². The number of benzene rings is 2. The number of halogens is 1. The highest BCUT2D eigenvalue weighted by atomic mass is 19.1. The number of hydrogen-bond acceptors (Lipinski definition) is 4. The summed E-state index contributed by atoms with van der Waals surface area (Å²) in [7, 11) is 0. The molecular formula is C22H25FN4O3. The fourth-order valence-corrected chi connectivity index (χ4v) is 2.54. The van der Waals surface area contributed by atoms with E-state index in [0.717, 1.165) is 11.1 Å². The van der Waals surface area contributed by atoms with Gasteiger partial charge in [-0.1, -0.05) is 36.4 Å². The smallest absolute Gasteiger partial charge is 0.266 e. The summed E-state index contributed by atoms with van der Waals surface area (Å²) >= 11 is 0. The molecule has 7 nitrogen and oxygen atoms in total. The second-order valence-corrected chi connectivity index (χ2v) is 7.40. The zero-order chi connectivity index (χ0) is 22.3. The van der Waals surface area contributed by atoms with Crippen LogP contribution in [0.15, 0.2) is 53.5 Å². The highest BCUT2D eigenvalue weighted by Gasteiger charge is 2.29. The second-order valence-electron chi connectivity index (χ2n) is 7.40. The van der Waals surface area contributed by atoms with Crippen molar-refractivity contribution in [1.82, 2.24) is 5.32 Å². The SMILES string of the molecule is CC(C)(NC(=O)/C(Cc1ccc(CN)cc1)=N\C(=O)Cc1ccc(F)cc1)C(N)=O. The molecule has 2 aromatic rings. The van der Waals surface area contributed by atoms with Crippen molar-refractivity contribution in [3.05, 3.63) is 71.0 Å². The number of primary amides is 1. The van der Waals surface area contributed by atoms with E-state index in [9.17, 15) is 18.8 Å². The van der Waals surface area contributed by atoms with Crippen LogP contribution >= 0.6 is 0 Å². The second kappa shape index (κ2) is 9.89. The Kier molecular flexibility index (Phi) is 7.54. The van der Waals surface area contributed by atoms with E-state index in [0.29, 0.717) is 12.1 Å². The van der Waals surface area contributed by atoms with Gasteiger partial charge >= 0.3 is 0 Å². The minimum Gasteiger partial charge on any atom is -0.368 e. The van der Waals surface area contributed by atoms with E-state index in [-0.39, 0.29) is 18.6 Å². The van der Waals surface area contributed by atoms with Crippen molar-refractivity contribution in [1.29, 1.82) is 0 Å². The Bertz CT molecular complexity index is 951. The van der Waals surface area contributed by atoms with E-state index in [4.69, 9.17) is 11.5 Å². The van der Waals surface area contributed by atoms with Crippen LogP contribution in [0.25, 0.3) is 0 Å². The lowest BCUT2D eigenvalue weighted by atomic mass is 10.0. The monoisotopic (exact) mass is 412 g/mol. The van der Waals surface area contributed by atoms with Gasteiger partial charge in [-0.05, 0) is 42.7 Å². The predicted octanol–water partition coefficient (Wildman–Crippen LogP) is 1.42. The Morgan fingerprint density at radius 2 is 1.43 bits per heavy atom. The zero-order valence-electron chi connectivity index (χ0n) is 16.9. The predicted molar refractivity (Wildman–Crippen MR) is 112 cm³/mol. The number of hydrogen-bond donors (Lipinski definition) is 3. The van der Waals surface area contributed by atoms with Gasteiger partial charge in [0.2, 0.25) is 5.91 Å². The van der Waals surface area contributed by atoms with Gasteiger partial charge in [0.1, 0.15) is 17.1 Å². The fourth-order valence-electron chi connectivity index (χ4n) is 2.54. The number of nitrogens with two attached hydrogens (primary N) is 2. The van der Waals surface area contributed by atoms with Crippen molar-refractivity contribution >= 4 is 23.4 Å². The third-order valence-electron chi connectivity index (χ3n) is 4.46. The summed E-state index contributed by atoms with van der Waals surface area (Å²) in [6.07, 6.45) is -0.0247. The summed E-state index contributed by atoms with van der Waals surface area (Å²) in [5.41, 5.74) is 11.8. The quantitative estimate of drug-likeness (QED) is 0.567. The van der Waals surface area contributed by atoms with E-state index in [1.165, 1.54) is 38.1 Å². The van der Waals surface area contributed by atoms with Crippen molar-refractivity contribution < 1.29 is 18.8 Å². The Labute approximate surface area is 174 Å².